The van der Waals surface area contributed by atoms with Crippen LogP contribution < -0.4 is 0 Å². The minimum atomic E-state index is -4.93. The lowest BCUT2D eigenvalue weighted by Crippen LogP contribution is -2.30. The molecule has 0 fully saturated rings. The number of hydrogen-bond donors (Lipinski definition) is 3. The number of aliphatic hydroxyl groups excluding tert-OH is 1. The lowest BCUT2D eigenvalue weighted by molar-refractivity contribution is -0.161. The fraction of sp³-hybridized carbons (Fsp3) is 0.927. The van der Waals surface area contributed by atoms with Crippen molar-refractivity contribution in [2.24, 2.45) is 5.92 Å². The van der Waals surface area contributed by atoms with Crippen LogP contribution in [-0.2, 0) is 65.4 Å². The molecule has 0 aromatic rings. The molecule has 0 amide bonds. The van der Waals surface area contributed by atoms with Crippen molar-refractivity contribution in [3.63, 3.8) is 0 Å². The summed E-state index contributed by atoms with van der Waals surface area (Å²) in [5.74, 6) is -1.43. The van der Waals surface area contributed by atoms with Gasteiger partial charge in [0, 0.05) is 25.7 Å². The van der Waals surface area contributed by atoms with Gasteiger partial charge in [0.1, 0.15) is 19.3 Å². The summed E-state index contributed by atoms with van der Waals surface area (Å²) in [5, 5.41) is 10.4. The average Bonchev–Trinajstić information content (AvgIpc) is 3.37. The Labute approximate surface area is 447 Å². The fourth-order valence-electron chi connectivity index (χ4n) is 7.96. The number of phosphoric acid groups is 2. The first-order valence-electron chi connectivity index (χ1n) is 29.2. The summed E-state index contributed by atoms with van der Waals surface area (Å²) < 4.78 is 67.3. The Morgan fingerprint density at radius 2 is 0.649 bits per heavy atom. The van der Waals surface area contributed by atoms with Gasteiger partial charge in [0.05, 0.1) is 26.4 Å². The van der Waals surface area contributed by atoms with Crippen LogP contribution in [0.5, 0.6) is 0 Å². The first kappa shape index (κ1) is 72.1. The number of unbranched alkanes of at least 4 members (excludes halogenated alkanes) is 26. The van der Waals surface area contributed by atoms with E-state index in [2.05, 4.69) is 34.6 Å². The quantitative estimate of drug-likeness (QED) is 0.0222. The molecule has 0 saturated carbocycles. The molecule has 0 heterocycles. The Balaban J connectivity index is 5.18. The first-order chi connectivity index (χ1) is 35.6. The van der Waals surface area contributed by atoms with Gasteiger partial charge in [-0.2, -0.15) is 0 Å². The average molecular weight is 1100 g/mol. The number of carbonyl (C=O) groups excluding carboxylic acids is 4. The van der Waals surface area contributed by atoms with E-state index in [1.54, 1.807) is 0 Å². The lowest BCUT2D eigenvalue weighted by Gasteiger charge is -2.21. The van der Waals surface area contributed by atoms with Gasteiger partial charge >= 0.3 is 39.5 Å². The minimum Gasteiger partial charge on any atom is -0.462 e. The molecule has 3 N–H and O–H groups in total. The highest BCUT2D eigenvalue weighted by Crippen LogP contribution is 2.45. The molecule has 0 aliphatic rings. The van der Waals surface area contributed by atoms with Crippen LogP contribution in [0, 0.1) is 5.92 Å². The van der Waals surface area contributed by atoms with Crippen molar-refractivity contribution in [1.29, 1.82) is 0 Å². The second kappa shape index (κ2) is 49.4. The van der Waals surface area contributed by atoms with Crippen molar-refractivity contribution >= 4 is 39.5 Å². The maximum absolute atomic E-state index is 12.9. The van der Waals surface area contributed by atoms with Gasteiger partial charge in [-0.15, -0.1) is 0 Å². The summed E-state index contributed by atoms with van der Waals surface area (Å²) in [4.78, 5) is 71.4. The molecule has 0 aromatic carbocycles. The fourth-order valence-corrected chi connectivity index (χ4v) is 9.54. The van der Waals surface area contributed by atoms with Crippen molar-refractivity contribution in [3.8, 4) is 0 Å². The Hall–Kier alpha value is -1.94. The second-order valence-corrected chi connectivity index (χ2v) is 23.1. The van der Waals surface area contributed by atoms with Gasteiger partial charge in [-0.1, -0.05) is 214 Å². The Bertz CT molecular complexity index is 1470. The number of carbonyl (C=O) groups is 4. The third kappa shape index (κ3) is 48.4. The third-order valence-corrected chi connectivity index (χ3v) is 14.8. The number of aliphatic hydroxyl groups is 1. The van der Waals surface area contributed by atoms with Crippen LogP contribution in [0.4, 0.5) is 0 Å². The molecule has 3 unspecified atom stereocenters. The molecule has 17 nitrogen and oxygen atoms in total. The van der Waals surface area contributed by atoms with Crippen molar-refractivity contribution in [2.75, 3.05) is 39.6 Å². The largest absolute Gasteiger partial charge is 0.472 e. The van der Waals surface area contributed by atoms with E-state index < -0.39 is 97.5 Å². The molecule has 19 heteroatoms. The molecule has 438 valence electrons. The predicted molar refractivity (Wildman–Crippen MR) is 289 cm³/mol. The summed E-state index contributed by atoms with van der Waals surface area (Å²) >= 11 is 0. The summed E-state index contributed by atoms with van der Waals surface area (Å²) in [6.45, 7) is 6.95. The Kier molecular flexibility index (Phi) is 48.1. The van der Waals surface area contributed by atoms with E-state index in [0.29, 0.717) is 25.7 Å². The van der Waals surface area contributed by atoms with E-state index in [9.17, 15) is 43.2 Å². The summed E-state index contributed by atoms with van der Waals surface area (Å²) in [5.41, 5.74) is 0. The third-order valence-electron chi connectivity index (χ3n) is 12.9. The molecule has 0 rings (SSSR count). The van der Waals surface area contributed by atoms with E-state index in [0.717, 1.165) is 121 Å². The number of phosphoric ester groups is 2. The van der Waals surface area contributed by atoms with Gasteiger partial charge in [0.15, 0.2) is 12.2 Å². The van der Waals surface area contributed by atoms with Gasteiger partial charge in [-0.25, -0.2) is 9.13 Å². The van der Waals surface area contributed by atoms with Crippen LogP contribution in [0.3, 0.4) is 0 Å². The molecular weight excluding hydrogens is 995 g/mol. The molecule has 6 atom stereocenters. The zero-order valence-corrected chi connectivity index (χ0v) is 48.7. The Morgan fingerprint density at radius 1 is 0.378 bits per heavy atom. The molecule has 0 aromatic heterocycles. The van der Waals surface area contributed by atoms with E-state index in [-0.39, 0.29) is 25.7 Å². The molecular formula is C55H106O17P2. The summed E-state index contributed by atoms with van der Waals surface area (Å²) in [7, 11) is -9.85. The summed E-state index contributed by atoms with van der Waals surface area (Å²) in [6, 6.07) is 0. The molecule has 0 aliphatic heterocycles. The maximum atomic E-state index is 12.9. The monoisotopic (exact) mass is 1100 g/mol. The lowest BCUT2D eigenvalue weighted by atomic mass is 10.00. The maximum Gasteiger partial charge on any atom is 0.472 e. The van der Waals surface area contributed by atoms with Gasteiger partial charge in [0.2, 0.25) is 0 Å². The van der Waals surface area contributed by atoms with E-state index in [4.69, 9.17) is 37.0 Å². The SMILES string of the molecule is CCCCCCCCCCCCCCC(=O)O[C@H](COC(=O)CCCCCCCCC(C)CC)COP(=O)(O)OC[C@@H](O)COP(=O)(O)OC[C@@H](COC(=O)CCCCCCC)OC(=O)CCCCCCCCC. The predicted octanol–water partition coefficient (Wildman–Crippen LogP) is 14.3. The molecule has 0 saturated heterocycles. The van der Waals surface area contributed by atoms with Crippen LogP contribution in [0.2, 0.25) is 0 Å². The molecule has 0 aliphatic carbocycles. The number of ether oxygens (including phenoxy) is 4. The second-order valence-electron chi connectivity index (χ2n) is 20.2. The van der Waals surface area contributed by atoms with Crippen LogP contribution in [0.25, 0.3) is 0 Å². The van der Waals surface area contributed by atoms with Crippen molar-refractivity contribution in [1.82, 2.24) is 0 Å². The normalized spacial score (nSPS) is 14.9. The van der Waals surface area contributed by atoms with Crippen LogP contribution in [-0.4, -0.2) is 96.7 Å². The molecule has 0 bridgehead atoms. The number of hydrogen-bond acceptors (Lipinski definition) is 15. The standard InChI is InChI=1S/C55H106O17P2/c1-6-10-13-16-18-19-20-21-22-24-31-36-41-55(60)72-51(45-66-53(58)39-34-29-26-25-28-32-37-48(5)9-4)47-70-74(63,64)68-43-49(56)42-67-73(61,62)69-46-50(44-65-52(57)38-33-27-15-12-8-3)71-54(59)40-35-30-23-17-14-11-7-2/h48-51,56H,6-47H2,1-5H3,(H,61,62)(H,63,64)/t48?,49-,50+,51+/m0/s1. The van der Waals surface area contributed by atoms with Crippen LogP contribution in [0.15, 0.2) is 0 Å². The van der Waals surface area contributed by atoms with Crippen LogP contribution >= 0.6 is 15.6 Å². The summed E-state index contributed by atoms with van der Waals surface area (Å²) in [6.07, 6.45) is 29.8. The van der Waals surface area contributed by atoms with Gasteiger partial charge in [-0.05, 0) is 31.6 Å². The molecule has 0 spiro atoms. The van der Waals surface area contributed by atoms with E-state index in [1.165, 1.54) is 64.2 Å². The molecule has 74 heavy (non-hydrogen) atoms. The minimum absolute atomic E-state index is 0.103. The van der Waals surface area contributed by atoms with Crippen molar-refractivity contribution in [3.05, 3.63) is 0 Å². The highest BCUT2D eigenvalue weighted by molar-refractivity contribution is 7.47. The number of rotatable bonds is 55. The van der Waals surface area contributed by atoms with Gasteiger partial charge < -0.3 is 33.8 Å². The first-order valence-corrected chi connectivity index (χ1v) is 32.2. The Morgan fingerprint density at radius 3 is 0.959 bits per heavy atom. The highest BCUT2D eigenvalue weighted by Gasteiger charge is 2.30. The van der Waals surface area contributed by atoms with Gasteiger partial charge in [0.25, 0.3) is 0 Å². The van der Waals surface area contributed by atoms with Gasteiger partial charge in [-0.3, -0.25) is 37.3 Å². The van der Waals surface area contributed by atoms with Crippen LogP contribution in [0.1, 0.15) is 266 Å². The van der Waals surface area contributed by atoms with Crippen molar-refractivity contribution in [2.45, 2.75) is 284 Å². The number of esters is 4. The smallest absolute Gasteiger partial charge is 0.462 e. The zero-order valence-electron chi connectivity index (χ0n) is 47.0. The molecule has 0 radical (unpaired) electrons. The topological polar surface area (TPSA) is 237 Å². The van der Waals surface area contributed by atoms with E-state index in [1.807, 2.05) is 0 Å². The zero-order chi connectivity index (χ0) is 55.0. The van der Waals surface area contributed by atoms with Crippen molar-refractivity contribution < 1.29 is 80.2 Å². The van der Waals surface area contributed by atoms with E-state index >= 15 is 0 Å². The highest BCUT2D eigenvalue weighted by atomic mass is 31.2.